The second kappa shape index (κ2) is 11.7. The summed E-state index contributed by atoms with van der Waals surface area (Å²) in [4.78, 5) is 0. The van der Waals surface area contributed by atoms with E-state index in [2.05, 4.69) is 182 Å². The predicted molar refractivity (Wildman–Crippen MR) is 226 cm³/mol. The first kappa shape index (κ1) is 30.2. The van der Waals surface area contributed by atoms with Gasteiger partial charge in [0.1, 0.15) is 0 Å². The average Bonchev–Trinajstić information content (AvgIpc) is 3.52. The summed E-state index contributed by atoms with van der Waals surface area (Å²) >= 11 is 0. The van der Waals surface area contributed by atoms with Crippen LogP contribution in [0.4, 0.5) is 0 Å². The molecular formula is C51H35N. The van der Waals surface area contributed by atoms with Crippen molar-refractivity contribution in [2.75, 3.05) is 0 Å². The highest BCUT2D eigenvalue weighted by Gasteiger charge is 2.18. The molecule has 244 valence electrons. The second-order valence-corrected chi connectivity index (χ2v) is 13.9. The SMILES string of the molecule is C=Cc1c(C=C)n(-c2ccc(-c3ccc4ccc5c(-c6ccc(C)cc6)ccc6ccc3c4c65)cc2)c2cc(-c3cccc4ccccc34)ccc12. The third-order valence-electron chi connectivity index (χ3n) is 11.0. The molecule has 0 fully saturated rings. The molecule has 1 aromatic heterocycles. The van der Waals surface area contributed by atoms with Crippen LogP contribution >= 0.6 is 0 Å². The Balaban J connectivity index is 1.12. The maximum Gasteiger partial charge on any atom is 0.0547 e. The van der Waals surface area contributed by atoms with Gasteiger partial charge in [-0.3, -0.25) is 0 Å². The highest BCUT2D eigenvalue weighted by atomic mass is 15.0. The third-order valence-corrected chi connectivity index (χ3v) is 11.0. The van der Waals surface area contributed by atoms with Crippen LogP contribution in [-0.4, -0.2) is 4.57 Å². The first-order valence-electron chi connectivity index (χ1n) is 17.9. The first-order valence-corrected chi connectivity index (χ1v) is 17.9. The molecule has 0 aliphatic rings. The van der Waals surface area contributed by atoms with Crippen molar-refractivity contribution in [2.45, 2.75) is 6.92 Å². The molecule has 0 saturated heterocycles. The zero-order valence-electron chi connectivity index (χ0n) is 29.0. The topological polar surface area (TPSA) is 4.93 Å². The van der Waals surface area contributed by atoms with Gasteiger partial charge in [-0.15, -0.1) is 0 Å². The van der Waals surface area contributed by atoms with Gasteiger partial charge in [0.15, 0.2) is 0 Å². The summed E-state index contributed by atoms with van der Waals surface area (Å²) in [6.45, 7) is 10.6. The first-order chi connectivity index (χ1) is 25.6. The van der Waals surface area contributed by atoms with Gasteiger partial charge in [0.05, 0.1) is 11.2 Å². The van der Waals surface area contributed by atoms with Crippen molar-refractivity contribution >= 4 is 66.1 Å². The summed E-state index contributed by atoms with van der Waals surface area (Å²) in [6.07, 6.45) is 3.91. The molecule has 9 aromatic carbocycles. The van der Waals surface area contributed by atoms with E-state index in [1.807, 2.05) is 12.2 Å². The number of fused-ring (bicyclic) bond motifs is 2. The van der Waals surface area contributed by atoms with E-state index >= 15 is 0 Å². The summed E-state index contributed by atoms with van der Waals surface area (Å²) in [6, 6.07) is 58.1. The summed E-state index contributed by atoms with van der Waals surface area (Å²) in [5.74, 6) is 0. The van der Waals surface area contributed by atoms with Crippen LogP contribution in [0.1, 0.15) is 16.8 Å². The fraction of sp³-hybridized carbons (Fsp3) is 0.0196. The van der Waals surface area contributed by atoms with E-state index in [-0.39, 0.29) is 0 Å². The molecule has 0 radical (unpaired) electrons. The summed E-state index contributed by atoms with van der Waals surface area (Å²) in [7, 11) is 0. The van der Waals surface area contributed by atoms with Crippen molar-refractivity contribution in [3.8, 4) is 39.1 Å². The van der Waals surface area contributed by atoms with Crippen LogP contribution in [0.15, 0.2) is 171 Å². The summed E-state index contributed by atoms with van der Waals surface area (Å²) in [5.41, 5.74) is 13.0. The van der Waals surface area contributed by atoms with E-state index in [4.69, 9.17) is 0 Å². The molecule has 0 bridgehead atoms. The van der Waals surface area contributed by atoms with Crippen LogP contribution in [0.3, 0.4) is 0 Å². The Morgan fingerprint density at radius 2 is 1.00 bits per heavy atom. The minimum atomic E-state index is 1.04. The van der Waals surface area contributed by atoms with Crippen LogP contribution in [0.5, 0.6) is 0 Å². The number of hydrogen-bond donors (Lipinski definition) is 0. The van der Waals surface area contributed by atoms with E-state index in [9.17, 15) is 0 Å². The maximum atomic E-state index is 4.24. The van der Waals surface area contributed by atoms with Crippen molar-refractivity contribution in [2.24, 2.45) is 0 Å². The lowest BCUT2D eigenvalue weighted by atomic mass is 9.87. The van der Waals surface area contributed by atoms with Gasteiger partial charge in [-0.25, -0.2) is 0 Å². The Kier molecular flexibility index (Phi) is 6.78. The highest BCUT2D eigenvalue weighted by Crippen LogP contribution is 2.43. The molecule has 0 spiro atoms. The quantitative estimate of drug-likeness (QED) is 0.156. The summed E-state index contributed by atoms with van der Waals surface area (Å²) < 4.78 is 2.33. The fourth-order valence-corrected chi connectivity index (χ4v) is 8.50. The van der Waals surface area contributed by atoms with Crippen molar-refractivity contribution in [3.05, 3.63) is 188 Å². The van der Waals surface area contributed by atoms with Crippen molar-refractivity contribution < 1.29 is 0 Å². The van der Waals surface area contributed by atoms with E-state index < -0.39 is 0 Å². The molecular weight excluding hydrogens is 627 g/mol. The number of aryl methyl sites for hydroxylation is 1. The van der Waals surface area contributed by atoms with Gasteiger partial charge in [0.25, 0.3) is 0 Å². The number of benzene rings is 9. The monoisotopic (exact) mass is 661 g/mol. The van der Waals surface area contributed by atoms with E-state index in [1.165, 1.54) is 82.0 Å². The number of hydrogen-bond acceptors (Lipinski definition) is 0. The minimum absolute atomic E-state index is 1.04. The molecule has 1 heteroatoms. The molecule has 0 aliphatic carbocycles. The summed E-state index contributed by atoms with van der Waals surface area (Å²) in [5, 5.41) is 11.4. The Hall–Kier alpha value is -6.70. The molecule has 0 N–H and O–H groups in total. The van der Waals surface area contributed by atoms with Gasteiger partial charge in [0, 0.05) is 16.6 Å². The Bertz CT molecular complexity index is 3020. The van der Waals surface area contributed by atoms with Crippen molar-refractivity contribution in [3.63, 3.8) is 0 Å². The average molecular weight is 662 g/mol. The molecule has 10 rings (SSSR count). The number of nitrogens with zero attached hydrogens (tertiary/aromatic N) is 1. The fourth-order valence-electron chi connectivity index (χ4n) is 8.50. The predicted octanol–water partition coefficient (Wildman–Crippen LogP) is 14.3. The maximum absolute atomic E-state index is 4.24. The lowest BCUT2D eigenvalue weighted by Crippen LogP contribution is -1.97. The zero-order chi connectivity index (χ0) is 34.9. The third kappa shape index (κ3) is 4.49. The van der Waals surface area contributed by atoms with E-state index in [0.29, 0.717) is 0 Å². The van der Waals surface area contributed by atoms with Gasteiger partial charge in [-0.05, 0) is 108 Å². The molecule has 0 unspecified atom stereocenters. The Morgan fingerprint density at radius 1 is 0.442 bits per heavy atom. The van der Waals surface area contributed by atoms with Gasteiger partial charge >= 0.3 is 0 Å². The highest BCUT2D eigenvalue weighted by molar-refractivity contribution is 6.27. The zero-order valence-corrected chi connectivity index (χ0v) is 29.0. The molecule has 1 nitrogen and oxygen atoms in total. The van der Waals surface area contributed by atoms with Crippen LogP contribution in [0, 0.1) is 6.92 Å². The van der Waals surface area contributed by atoms with Crippen molar-refractivity contribution in [1.82, 2.24) is 4.57 Å². The molecule has 0 saturated carbocycles. The van der Waals surface area contributed by atoms with Gasteiger partial charge in [-0.1, -0.05) is 164 Å². The molecule has 52 heavy (non-hydrogen) atoms. The molecule has 10 aromatic rings. The number of aromatic nitrogens is 1. The van der Waals surface area contributed by atoms with E-state index in [0.717, 1.165) is 27.8 Å². The largest absolute Gasteiger partial charge is 0.309 e. The number of rotatable bonds is 6. The Morgan fingerprint density at radius 3 is 1.65 bits per heavy atom. The van der Waals surface area contributed by atoms with Crippen LogP contribution in [0.25, 0.3) is 105 Å². The van der Waals surface area contributed by atoms with E-state index in [1.54, 1.807) is 0 Å². The molecule has 1 heterocycles. The van der Waals surface area contributed by atoms with Crippen LogP contribution in [0.2, 0.25) is 0 Å². The second-order valence-electron chi connectivity index (χ2n) is 13.9. The molecule has 0 atom stereocenters. The van der Waals surface area contributed by atoms with Crippen molar-refractivity contribution in [1.29, 1.82) is 0 Å². The molecule has 0 aliphatic heterocycles. The smallest absolute Gasteiger partial charge is 0.0547 e. The Labute approximate surface area is 303 Å². The lowest BCUT2D eigenvalue weighted by Gasteiger charge is -2.17. The molecule has 0 amide bonds. The minimum Gasteiger partial charge on any atom is -0.309 e. The lowest BCUT2D eigenvalue weighted by molar-refractivity contribution is 1.11. The standard InChI is InChI=1S/C51H35N/c1-4-40-45-28-23-38(42-12-8-10-33-9-6-7-11-41(33)42)31-49(45)52(48(40)5-2)39-24-17-35(18-25-39)44-27-20-37-21-29-46-43(34-15-13-32(3)14-16-34)26-19-36-22-30-47(44)51(37)50(36)46/h4-31H,1-2H2,3H3. The van der Waals surface area contributed by atoms with Gasteiger partial charge in [0.2, 0.25) is 0 Å². The van der Waals surface area contributed by atoms with Crippen LogP contribution in [-0.2, 0) is 0 Å². The van der Waals surface area contributed by atoms with Crippen LogP contribution < -0.4 is 0 Å². The van der Waals surface area contributed by atoms with Gasteiger partial charge in [-0.2, -0.15) is 0 Å². The normalized spacial score (nSPS) is 11.7. The van der Waals surface area contributed by atoms with Gasteiger partial charge < -0.3 is 4.57 Å².